The van der Waals surface area contributed by atoms with E-state index in [1.54, 1.807) is 0 Å². The van der Waals surface area contributed by atoms with Crippen molar-refractivity contribution in [3.8, 4) is 0 Å². The van der Waals surface area contributed by atoms with Crippen molar-refractivity contribution in [1.82, 2.24) is 0 Å². The topological polar surface area (TPSA) is 93.1 Å². The maximum absolute atomic E-state index is 10.2. The summed E-state index contributed by atoms with van der Waals surface area (Å²) in [4.78, 5) is 0. The van der Waals surface area contributed by atoms with E-state index in [-0.39, 0.29) is 56.0 Å². The quantitative estimate of drug-likeness (QED) is 0.296. The van der Waals surface area contributed by atoms with E-state index < -0.39 is 15.9 Å². The summed E-state index contributed by atoms with van der Waals surface area (Å²) in [5.41, 5.74) is 0. The van der Waals surface area contributed by atoms with Crippen LogP contribution in [0.3, 0.4) is 0 Å². The van der Waals surface area contributed by atoms with Crippen LogP contribution in [-0.4, -0.2) is 86.4 Å². The molecule has 0 amide bonds. The van der Waals surface area contributed by atoms with Gasteiger partial charge in [-0.1, -0.05) is 0 Å². The molecule has 0 aliphatic heterocycles. The number of hydrogen-bond acceptors (Lipinski definition) is 5. The third kappa shape index (κ3) is 15.3. The Hall–Kier alpha value is 0.790. The Bertz CT molecular complexity index is 204. The SMILES string of the molecule is O=S(=O)(O)CCOCCOCCO.[NaH]. The first-order chi connectivity index (χ1) is 6.06. The van der Waals surface area contributed by atoms with Crippen LogP contribution in [0.1, 0.15) is 0 Å². The molecule has 0 aromatic heterocycles. The number of ether oxygens (including phenoxy) is 2. The van der Waals surface area contributed by atoms with Gasteiger partial charge in [0.2, 0.25) is 0 Å². The monoisotopic (exact) mass is 238 g/mol. The summed E-state index contributed by atoms with van der Waals surface area (Å²) in [6.07, 6.45) is 0. The van der Waals surface area contributed by atoms with Crippen LogP contribution < -0.4 is 0 Å². The second kappa shape index (κ2) is 10.3. The molecule has 14 heavy (non-hydrogen) atoms. The second-order valence-electron chi connectivity index (χ2n) is 2.23. The summed E-state index contributed by atoms with van der Waals surface area (Å²) in [5, 5.41) is 8.30. The van der Waals surface area contributed by atoms with Gasteiger partial charge in [0, 0.05) is 0 Å². The summed E-state index contributed by atoms with van der Waals surface area (Å²) < 4.78 is 38.3. The van der Waals surface area contributed by atoms with E-state index in [1.165, 1.54) is 0 Å². The van der Waals surface area contributed by atoms with Crippen LogP contribution >= 0.6 is 0 Å². The Kier molecular flexibility index (Phi) is 12.7. The first-order valence-electron chi connectivity index (χ1n) is 3.78. The number of hydrogen-bond donors (Lipinski definition) is 2. The molecule has 82 valence electrons. The summed E-state index contributed by atoms with van der Waals surface area (Å²) in [7, 11) is -3.93. The van der Waals surface area contributed by atoms with Gasteiger partial charge in [-0.15, -0.1) is 0 Å². The van der Waals surface area contributed by atoms with E-state index in [4.69, 9.17) is 19.1 Å². The van der Waals surface area contributed by atoms with Crippen molar-refractivity contribution in [2.24, 2.45) is 0 Å². The predicted molar refractivity (Wildman–Crippen MR) is 52.3 cm³/mol. The van der Waals surface area contributed by atoms with Crippen LogP contribution in [0.2, 0.25) is 0 Å². The van der Waals surface area contributed by atoms with E-state index in [9.17, 15) is 8.42 Å². The fourth-order valence-corrected chi connectivity index (χ4v) is 0.879. The number of rotatable bonds is 8. The maximum atomic E-state index is 10.2. The van der Waals surface area contributed by atoms with Crippen LogP contribution in [0.4, 0.5) is 0 Å². The molecule has 0 heterocycles. The fraction of sp³-hybridized carbons (Fsp3) is 1.00. The molecule has 0 atom stereocenters. The fourth-order valence-electron chi connectivity index (χ4n) is 0.551. The van der Waals surface area contributed by atoms with Gasteiger partial charge in [-0.05, 0) is 0 Å². The van der Waals surface area contributed by atoms with Gasteiger partial charge < -0.3 is 14.6 Å². The van der Waals surface area contributed by atoms with Crippen molar-refractivity contribution in [3.05, 3.63) is 0 Å². The van der Waals surface area contributed by atoms with Crippen molar-refractivity contribution in [1.29, 1.82) is 0 Å². The predicted octanol–water partition coefficient (Wildman–Crippen LogP) is -1.75. The van der Waals surface area contributed by atoms with Crippen molar-refractivity contribution in [3.63, 3.8) is 0 Å². The average molecular weight is 238 g/mol. The Morgan fingerprint density at radius 3 is 1.93 bits per heavy atom. The van der Waals surface area contributed by atoms with E-state index in [0.717, 1.165) is 0 Å². The standard InChI is InChI=1S/C6H14O6S.Na.H/c7-1-2-11-3-4-12-5-6-13(8,9)10;;/h7H,1-6H2,(H,8,9,10);;. The van der Waals surface area contributed by atoms with Crippen molar-refractivity contribution in [2.45, 2.75) is 0 Å². The molecule has 0 spiro atoms. The van der Waals surface area contributed by atoms with E-state index in [0.29, 0.717) is 6.61 Å². The van der Waals surface area contributed by atoms with Gasteiger partial charge in [0.05, 0.1) is 38.8 Å². The van der Waals surface area contributed by atoms with Gasteiger partial charge in [0.1, 0.15) is 0 Å². The molecule has 0 radical (unpaired) electrons. The third-order valence-corrected chi connectivity index (χ3v) is 1.78. The van der Waals surface area contributed by atoms with Crippen molar-refractivity contribution >= 4 is 39.7 Å². The normalized spacial score (nSPS) is 11.0. The summed E-state index contributed by atoms with van der Waals surface area (Å²) >= 11 is 0. The number of aliphatic hydroxyl groups excluding tert-OH is 1. The van der Waals surface area contributed by atoms with Gasteiger partial charge in [-0.2, -0.15) is 8.42 Å². The molecule has 0 rings (SSSR count). The third-order valence-electron chi connectivity index (χ3n) is 1.09. The zero-order valence-electron chi connectivity index (χ0n) is 7.18. The van der Waals surface area contributed by atoms with Gasteiger partial charge in [0.25, 0.3) is 10.1 Å². The van der Waals surface area contributed by atoms with Crippen LogP contribution in [0.25, 0.3) is 0 Å². The van der Waals surface area contributed by atoms with Crippen LogP contribution in [0.5, 0.6) is 0 Å². The zero-order valence-corrected chi connectivity index (χ0v) is 7.99. The van der Waals surface area contributed by atoms with Gasteiger partial charge >= 0.3 is 29.6 Å². The summed E-state index contributed by atoms with van der Waals surface area (Å²) in [5.74, 6) is -0.410. The molecule has 0 saturated carbocycles. The zero-order chi connectivity index (χ0) is 10.2. The Labute approximate surface area is 106 Å². The summed E-state index contributed by atoms with van der Waals surface area (Å²) in [6.45, 7) is 0.676. The van der Waals surface area contributed by atoms with E-state index in [2.05, 4.69) is 0 Å². The minimum atomic E-state index is -3.93. The first kappa shape index (κ1) is 17.2. The molecular weight excluding hydrogens is 223 g/mol. The van der Waals surface area contributed by atoms with Crippen LogP contribution in [-0.2, 0) is 19.6 Å². The van der Waals surface area contributed by atoms with Crippen molar-refractivity contribution in [2.75, 3.05) is 38.8 Å². The van der Waals surface area contributed by atoms with Crippen molar-refractivity contribution < 1.29 is 27.6 Å². The molecule has 0 fully saturated rings. The first-order valence-corrected chi connectivity index (χ1v) is 5.38. The Morgan fingerprint density at radius 2 is 1.50 bits per heavy atom. The average Bonchev–Trinajstić information content (AvgIpc) is 2.01. The molecule has 6 nitrogen and oxygen atoms in total. The Balaban J connectivity index is 0. The van der Waals surface area contributed by atoms with Crippen LogP contribution in [0.15, 0.2) is 0 Å². The van der Waals surface area contributed by atoms with Crippen LogP contribution in [0, 0.1) is 0 Å². The minimum absolute atomic E-state index is 0. The van der Waals surface area contributed by atoms with E-state index >= 15 is 0 Å². The molecule has 0 unspecified atom stereocenters. The molecule has 0 aromatic carbocycles. The summed E-state index contributed by atoms with van der Waals surface area (Å²) in [6, 6.07) is 0. The molecule has 0 aliphatic carbocycles. The van der Waals surface area contributed by atoms with Gasteiger partial charge in [0.15, 0.2) is 0 Å². The van der Waals surface area contributed by atoms with E-state index in [1.807, 2.05) is 0 Å². The molecule has 0 aliphatic rings. The number of aliphatic hydroxyl groups is 1. The molecule has 0 saturated heterocycles. The van der Waals surface area contributed by atoms with Gasteiger partial charge in [-0.3, -0.25) is 4.55 Å². The van der Waals surface area contributed by atoms with Gasteiger partial charge in [-0.25, -0.2) is 0 Å². The molecule has 2 N–H and O–H groups in total. The second-order valence-corrected chi connectivity index (χ2v) is 3.81. The molecule has 0 bridgehead atoms. The Morgan fingerprint density at radius 1 is 1.00 bits per heavy atom. The molecular formula is C6H15NaO6S. The molecule has 0 aromatic rings. The molecule has 8 heteroatoms.